The molecule has 0 aliphatic heterocycles. The molecule has 0 spiro atoms. The summed E-state index contributed by atoms with van der Waals surface area (Å²) in [5, 5.41) is 25.4. The molecule has 2 N–H and O–H groups in total. The van der Waals surface area contributed by atoms with Gasteiger partial charge in [-0.05, 0) is 55.5 Å². The topological polar surface area (TPSA) is 68.2 Å². The lowest BCUT2D eigenvalue weighted by Crippen LogP contribution is -2.37. The summed E-state index contributed by atoms with van der Waals surface area (Å²) in [5.41, 5.74) is 0.600. The minimum Gasteiger partial charge on any atom is -0.508 e. The maximum atomic E-state index is 13.1. The first-order valence-corrected chi connectivity index (χ1v) is 12.8. The van der Waals surface area contributed by atoms with Crippen molar-refractivity contribution in [2.45, 2.75) is 38.2 Å². The minimum atomic E-state index is -1.58. The average molecular weight is 493 g/mol. The normalized spacial score (nSPS) is 16.0. The van der Waals surface area contributed by atoms with E-state index in [4.69, 9.17) is 14.2 Å². The van der Waals surface area contributed by atoms with Gasteiger partial charge < -0.3 is 24.4 Å². The van der Waals surface area contributed by atoms with Crippen LogP contribution < -0.4 is 9.47 Å². The highest BCUT2D eigenvalue weighted by Crippen LogP contribution is 2.54. The maximum absolute atomic E-state index is 13.1. The summed E-state index contributed by atoms with van der Waals surface area (Å²) < 4.78 is 17.8. The number of methoxy groups -OCH3 is 1. The summed E-state index contributed by atoms with van der Waals surface area (Å²) >= 11 is 1.59. The Morgan fingerprint density at radius 1 is 0.914 bits per heavy atom. The second kappa shape index (κ2) is 11.0. The van der Waals surface area contributed by atoms with Crippen LogP contribution in [0.2, 0.25) is 0 Å². The molecule has 1 heterocycles. The quantitative estimate of drug-likeness (QED) is 0.315. The third-order valence-electron chi connectivity index (χ3n) is 6.27. The zero-order chi connectivity index (χ0) is 24.8. The van der Waals surface area contributed by atoms with Crippen LogP contribution in [-0.2, 0) is 10.3 Å². The van der Waals surface area contributed by atoms with Gasteiger partial charge >= 0.3 is 0 Å². The molecular formula is C29H32O5S. The molecule has 1 aromatic heterocycles. The van der Waals surface area contributed by atoms with Crippen LogP contribution in [-0.4, -0.2) is 30.5 Å². The number of thiophene rings is 1. The van der Waals surface area contributed by atoms with Gasteiger partial charge in [0.2, 0.25) is 0 Å². The monoisotopic (exact) mass is 492 g/mol. The SMILES string of the molecule is CCOC1=C(C(c2cccs2)C(O)(c2ccccc2OC)c2ccc(O)cc2OCC)CC=CC1. The van der Waals surface area contributed by atoms with E-state index in [0.29, 0.717) is 48.7 Å². The zero-order valence-electron chi connectivity index (χ0n) is 20.4. The van der Waals surface area contributed by atoms with E-state index in [1.807, 2.05) is 55.6 Å². The Hall–Kier alpha value is -3.22. The molecule has 0 fully saturated rings. The molecule has 35 heavy (non-hydrogen) atoms. The predicted octanol–water partition coefficient (Wildman–Crippen LogP) is 6.52. The third kappa shape index (κ3) is 4.81. The van der Waals surface area contributed by atoms with Gasteiger partial charge in [-0.3, -0.25) is 0 Å². The number of hydrogen-bond donors (Lipinski definition) is 2. The molecule has 0 saturated carbocycles. The Bertz CT molecular complexity index is 1200. The van der Waals surface area contributed by atoms with E-state index >= 15 is 0 Å². The minimum absolute atomic E-state index is 0.0714. The van der Waals surface area contributed by atoms with Gasteiger partial charge in [0.15, 0.2) is 0 Å². The molecule has 0 radical (unpaired) electrons. The second-order valence-corrected chi connectivity index (χ2v) is 9.27. The Morgan fingerprint density at radius 3 is 2.37 bits per heavy atom. The standard InChI is InChI=1S/C29H32O5S/c1-4-33-24-13-8-6-11-21(24)28(27-15-10-18-35-27)29(31,22-12-7-9-14-25(22)32-3)23-17-16-20(30)19-26(23)34-5-2/h6-10,12,14-19,28,30-31H,4-5,11,13H2,1-3H3. The molecule has 0 saturated heterocycles. The second-order valence-electron chi connectivity index (χ2n) is 8.29. The number of allylic oxidation sites excluding steroid dienone is 2. The van der Waals surface area contributed by atoms with Gasteiger partial charge in [0.1, 0.15) is 22.8 Å². The molecule has 2 atom stereocenters. The van der Waals surface area contributed by atoms with E-state index in [1.165, 1.54) is 0 Å². The van der Waals surface area contributed by atoms with Crippen molar-refractivity contribution in [3.8, 4) is 17.2 Å². The van der Waals surface area contributed by atoms with Crippen molar-refractivity contribution >= 4 is 11.3 Å². The number of benzene rings is 2. The fourth-order valence-electron chi connectivity index (χ4n) is 4.85. The first-order valence-electron chi connectivity index (χ1n) is 11.9. The van der Waals surface area contributed by atoms with E-state index in [2.05, 4.69) is 12.2 Å². The Balaban J connectivity index is 2.09. The smallest absolute Gasteiger partial charge is 0.133 e. The Kier molecular flexibility index (Phi) is 7.83. The molecule has 0 bridgehead atoms. The molecular weight excluding hydrogens is 460 g/mol. The summed E-state index contributed by atoms with van der Waals surface area (Å²) in [5.74, 6) is 1.46. The summed E-state index contributed by atoms with van der Waals surface area (Å²) in [6.45, 7) is 4.79. The van der Waals surface area contributed by atoms with Crippen molar-refractivity contribution in [1.82, 2.24) is 0 Å². The van der Waals surface area contributed by atoms with Crippen molar-refractivity contribution in [2.24, 2.45) is 0 Å². The zero-order valence-corrected chi connectivity index (χ0v) is 21.2. The lowest BCUT2D eigenvalue weighted by molar-refractivity contribution is 0.0530. The van der Waals surface area contributed by atoms with Crippen LogP contribution in [0, 0.1) is 0 Å². The molecule has 5 nitrogen and oxygen atoms in total. The van der Waals surface area contributed by atoms with Crippen LogP contribution in [0.5, 0.6) is 17.2 Å². The van der Waals surface area contributed by atoms with Crippen LogP contribution in [0.1, 0.15) is 48.6 Å². The molecule has 3 aromatic rings. The van der Waals surface area contributed by atoms with Crippen molar-refractivity contribution in [3.63, 3.8) is 0 Å². The molecule has 6 heteroatoms. The number of ether oxygens (including phenoxy) is 3. The van der Waals surface area contributed by atoms with E-state index in [0.717, 1.165) is 16.2 Å². The molecule has 2 unspecified atom stereocenters. The van der Waals surface area contributed by atoms with Gasteiger partial charge in [0.25, 0.3) is 0 Å². The summed E-state index contributed by atoms with van der Waals surface area (Å²) in [6, 6.07) is 16.5. The third-order valence-corrected chi connectivity index (χ3v) is 7.21. The van der Waals surface area contributed by atoms with E-state index in [-0.39, 0.29) is 5.75 Å². The largest absolute Gasteiger partial charge is 0.508 e. The molecule has 0 amide bonds. The number of rotatable bonds is 10. The van der Waals surface area contributed by atoms with Gasteiger partial charge in [-0.2, -0.15) is 0 Å². The summed E-state index contributed by atoms with van der Waals surface area (Å²) in [6.07, 6.45) is 5.55. The number of aromatic hydroxyl groups is 1. The first kappa shape index (κ1) is 24.9. The van der Waals surface area contributed by atoms with Gasteiger partial charge in [-0.15, -0.1) is 11.3 Å². The van der Waals surface area contributed by atoms with Gasteiger partial charge in [0.05, 0.1) is 32.0 Å². The van der Waals surface area contributed by atoms with Crippen LogP contribution in [0.3, 0.4) is 0 Å². The van der Waals surface area contributed by atoms with Crippen LogP contribution in [0.15, 0.2) is 83.5 Å². The van der Waals surface area contributed by atoms with Crippen LogP contribution >= 0.6 is 11.3 Å². The summed E-state index contributed by atoms with van der Waals surface area (Å²) in [4.78, 5) is 0.997. The van der Waals surface area contributed by atoms with Crippen molar-refractivity contribution in [2.75, 3.05) is 20.3 Å². The number of phenols is 1. The van der Waals surface area contributed by atoms with Crippen LogP contribution in [0.25, 0.3) is 0 Å². The fraction of sp³-hybridized carbons (Fsp3) is 0.310. The molecule has 4 rings (SSSR count). The van der Waals surface area contributed by atoms with Crippen LogP contribution in [0.4, 0.5) is 0 Å². The average Bonchev–Trinajstić information content (AvgIpc) is 3.40. The number of para-hydroxylation sites is 1. The van der Waals surface area contributed by atoms with Gasteiger partial charge in [-0.25, -0.2) is 0 Å². The number of phenolic OH excluding ortho intramolecular Hbond substituents is 1. The molecule has 184 valence electrons. The van der Waals surface area contributed by atoms with Crippen molar-refractivity contribution in [1.29, 1.82) is 0 Å². The van der Waals surface area contributed by atoms with Gasteiger partial charge in [0, 0.05) is 28.5 Å². The molecule has 2 aromatic carbocycles. The number of hydrogen-bond acceptors (Lipinski definition) is 6. The maximum Gasteiger partial charge on any atom is 0.133 e. The first-order chi connectivity index (χ1) is 17.0. The Morgan fingerprint density at radius 2 is 1.66 bits per heavy atom. The highest BCUT2D eigenvalue weighted by atomic mass is 32.1. The Labute approximate surface area is 210 Å². The lowest BCUT2D eigenvalue weighted by atomic mass is 9.69. The van der Waals surface area contributed by atoms with Gasteiger partial charge in [-0.1, -0.05) is 36.4 Å². The molecule has 1 aliphatic carbocycles. The van der Waals surface area contributed by atoms with E-state index in [9.17, 15) is 10.2 Å². The van der Waals surface area contributed by atoms with Crippen molar-refractivity contribution in [3.05, 3.63) is 99.5 Å². The van der Waals surface area contributed by atoms with E-state index in [1.54, 1.807) is 36.6 Å². The highest BCUT2D eigenvalue weighted by molar-refractivity contribution is 7.10. The summed E-state index contributed by atoms with van der Waals surface area (Å²) in [7, 11) is 1.61. The lowest BCUT2D eigenvalue weighted by Gasteiger charge is -2.40. The predicted molar refractivity (Wildman–Crippen MR) is 139 cm³/mol. The fourth-order valence-corrected chi connectivity index (χ4v) is 5.77. The number of aliphatic hydroxyl groups is 1. The molecule has 1 aliphatic rings. The van der Waals surface area contributed by atoms with Crippen molar-refractivity contribution < 1.29 is 24.4 Å². The highest BCUT2D eigenvalue weighted by Gasteiger charge is 2.48. The van der Waals surface area contributed by atoms with E-state index < -0.39 is 11.5 Å².